The van der Waals surface area contributed by atoms with E-state index in [1.165, 1.54) is 12.1 Å². The highest BCUT2D eigenvalue weighted by molar-refractivity contribution is 5.80. The second kappa shape index (κ2) is 11.8. The third-order valence-electron chi connectivity index (χ3n) is 4.74. The second-order valence-corrected chi connectivity index (χ2v) is 6.84. The van der Waals surface area contributed by atoms with Gasteiger partial charge in [0.25, 0.3) is 0 Å². The highest BCUT2D eigenvalue weighted by atomic mass is 19.1. The second-order valence-electron chi connectivity index (χ2n) is 6.84. The lowest BCUT2D eigenvalue weighted by atomic mass is 10.2. The first-order valence-corrected chi connectivity index (χ1v) is 9.85. The lowest BCUT2D eigenvalue weighted by molar-refractivity contribution is 0.161. The molecule has 1 aliphatic heterocycles. The monoisotopic (exact) mass is 379 g/mol. The van der Waals surface area contributed by atoms with E-state index in [1.807, 2.05) is 12.1 Å². The summed E-state index contributed by atoms with van der Waals surface area (Å²) in [6.07, 6.45) is 1.03. The van der Waals surface area contributed by atoms with Crippen LogP contribution in [0.1, 0.15) is 13.3 Å². The zero-order valence-corrected chi connectivity index (χ0v) is 17.0. The Morgan fingerprint density at radius 3 is 2.52 bits per heavy atom. The van der Waals surface area contributed by atoms with Gasteiger partial charge in [-0.2, -0.15) is 0 Å². The number of rotatable bonds is 9. The molecule has 1 heterocycles. The summed E-state index contributed by atoms with van der Waals surface area (Å²) in [5.74, 6) is 0.808. The lowest BCUT2D eigenvalue weighted by Crippen LogP contribution is -2.52. The van der Waals surface area contributed by atoms with Gasteiger partial charge in [-0.05, 0) is 51.2 Å². The Labute approximate surface area is 163 Å². The van der Waals surface area contributed by atoms with E-state index >= 15 is 0 Å². The molecule has 1 saturated heterocycles. The fourth-order valence-electron chi connectivity index (χ4n) is 3.14. The molecule has 1 aliphatic rings. The van der Waals surface area contributed by atoms with Crippen LogP contribution in [0.2, 0.25) is 0 Å². The molecular weight excluding hydrogens is 345 g/mol. The molecule has 1 N–H and O–H groups in total. The van der Waals surface area contributed by atoms with Gasteiger partial charge in [-0.1, -0.05) is 0 Å². The highest BCUT2D eigenvalue weighted by Crippen LogP contribution is 2.17. The fraction of sp³-hybridized carbons (Fsp3) is 0.650. The minimum atomic E-state index is -0.188. The van der Waals surface area contributed by atoms with E-state index in [0.29, 0.717) is 0 Å². The Morgan fingerprint density at radius 2 is 1.89 bits per heavy atom. The van der Waals surface area contributed by atoms with Crippen LogP contribution < -0.4 is 10.2 Å². The average molecular weight is 380 g/mol. The predicted molar refractivity (Wildman–Crippen MR) is 110 cm³/mol. The van der Waals surface area contributed by atoms with Crippen molar-refractivity contribution in [2.75, 3.05) is 78.0 Å². The number of halogens is 1. The quantitative estimate of drug-likeness (QED) is 0.403. The van der Waals surface area contributed by atoms with Crippen molar-refractivity contribution in [3.8, 4) is 0 Å². The smallest absolute Gasteiger partial charge is 0.194 e. The van der Waals surface area contributed by atoms with Crippen LogP contribution in [0.4, 0.5) is 10.1 Å². The normalized spacial score (nSPS) is 15.5. The summed E-state index contributed by atoms with van der Waals surface area (Å²) in [4.78, 5) is 11.7. The number of nitrogens with one attached hydrogen (secondary N) is 1. The van der Waals surface area contributed by atoms with E-state index in [-0.39, 0.29) is 5.82 Å². The van der Waals surface area contributed by atoms with Gasteiger partial charge >= 0.3 is 0 Å². The Morgan fingerprint density at radius 1 is 1.19 bits per heavy atom. The summed E-state index contributed by atoms with van der Waals surface area (Å²) in [5.41, 5.74) is 1.08. The summed E-state index contributed by atoms with van der Waals surface area (Å²) in [6, 6.07) is 6.75. The van der Waals surface area contributed by atoms with Crippen LogP contribution >= 0.6 is 0 Å². The number of benzene rings is 1. The zero-order chi connectivity index (χ0) is 19.5. The van der Waals surface area contributed by atoms with Gasteiger partial charge in [-0.15, -0.1) is 0 Å². The van der Waals surface area contributed by atoms with Gasteiger partial charge in [0.15, 0.2) is 5.96 Å². The Bertz CT molecular complexity index is 558. The van der Waals surface area contributed by atoms with E-state index in [1.54, 1.807) is 7.11 Å². The maximum absolute atomic E-state index is 13.1. The van der Waals surface area contributed by atoms with E-state index in [0.717, 1.165) is 77.0 Å². The topological polar surface area (TPSA) is 43.3 Å². The molecular formula is C20H34FN5O. The molecule has 2 rings (SSSR count). The van der Waals surface area contributed by atoms with Crippen molar-refractivity contribution in [2.24, 2.45) is 4.99 Å². The first kappa shape index (κ1) is 21.4. The Kier molecular flexibility index (Phi) is 9.35. The van der Waals surface area contributed by atoms with Gasteiger partial charge in [0.05, 0.1) is 6.61 Å². The number of hydrogen-bond donors (Lipinski definition) is 1. The molecule has 27 heavy (non-hydrogen) atoms. The SMILES string of the molecule is CCNC(=NCCCN(C)CCOC)N1CCN(c2ccc(F)cc2)CC1. The van der Waals surface area contributed by atoms with Gasteiger partial charge in [0.2, 0.25) is 0 Å². The van der Waals surface area contributed by atoms with Crippen molar-refractivity contribution in [1.29, 1.82) is 0 Å². The van der Waals surface area contributed by atoms with E-state index in [2.05, 4.69) is 34.0 Å². The molecule has 0 amide bonds. The number of methoxy groups -OCH3 is 1. The number of guanidine groups is 1. The van der Waals surface area contributed by atoms with Crippen molar-refractivity contribution in [1.82, 2.24) is 15.1 Å². The minimum Gasteiger partial charge on any atom is -0.383 e. The summed E-state index contributed by atoms with van der Waals surface area (Å²) in [6.45, 7) is 10.2. The number of aliphatic imine (C=N–C) groups is 1. The fourth-order valence-corrected chi connectivity index (χ4v) is 3.14. The minimum absolute atomic E-state index is 0.188. The highest BCUT2D eigenvalue weighted by Gasteiger charge is 2.19. The standard InChI is InChI=1S/C20H34FN5O/c1-4-22-20(23-10-5-11-24(2)16-17-27-3)26-14-12-25(13-15-26)19-8-6-18(21)7-9-19/h6-9H,4-5,10-17H2,1-3H3,(H,22,23). The third-order valence-corrected chi connectivity index (χ3v) is 4.74. The summed E-state index contributed by atoms with van der Waals surface area (Å²) >= 11 is 0. The molecule has 0 radical (unpaired) electrons. The van der Waals surface area contributed by atoms with Gasteiger partial charge in [-0.25, -0.2) is 4.39 Å². The molecule has 0 atom stereocenters. The molecule has 0 bridgehead atoms. The summed E-state index contributed by atoms with van der Waals surface area (Å²) < 4.78 is 18.2. The number of anilines is 1. The largest absolute Gasteiger partial charge is 0.383 e. The van der Waals surface area contributed by atoms with Crippen molar-refractivity contribution >= 4 is 11.6 Å². The number of likely N-dealkylation sites (N-methyl/N-ethyl adjacent to an activating group) is 1. The lowest BCUT2D eigenvalue weighted by Gasteiger charge is -2.37. The molecule has 0 saturated carbocycles. The number of ether oxygens (including phenoxy) is 1. The zero-order valence-electron chi connectivity index (χ0n) is 17.0. The summed E-state index contributed by atoms with van der Waals surface area (Å²) in [7, 11) is 3.85. The van der Waals surface area contributed by atoms with Crippen LogP contribution in [0.5, 0.6) is 0 Å². The van der Waals surface area contributed by atoms with Crippen molar-refractivity contribution in [2.45, 2.75) is 13.3 Å². The van der Waals surface area contributed by atoms with Crippen LogP contribution in [0.3, 0.4) is 0 Å². The summed E-state index contributed by atoms with van der Waals surface area (Å²) in [5, 5.41) is 3.41. The third kappa shape index (κ3) is 7.34. The van der Waals surface area contributed by atoms with Crippen LogP contribution in [0.15, 0.2) is 29.3 Å². The molecule has 1 fully saturated rings. The van der Waals surface area contributed by atoms with Crippen LogP contribution in [-0.2, 0) is 4.74 Å². The van der Waals surface area contributed by atoms with Crippen molar-refractivity contribution < 1.29 is 9.13 Å². The average Bonchev–Trinajstić information content (AvgIpc) is 2.69. The molecule has 7 heteroatoms. The first-order valence-electron chi connectivity index (χ1n) is 9.85. The van der Waals surface area contributed by atoms with Crippen molar-refractivity contribution in [3.05, 3.63) is 30.1 Å². The molecule has 0 aliphatic carbocycles. The van der Waals surface area contributed by atoms with Gasteiger partial charge < -0.3 is 24.8 Å². The molecule has 0 aromatic heterocycles. The molecule has 0 unspecified atom stereocenters. The number of nitrogens with zero attached hydrogens (tertiary/aromatic N) is 4. The molecule has 1 aromatic rings. The van der Waals surface area contributed by atoms with E-state index in [4.69, 9.17) is 9.73 Å². The Balaban J connectivity index is 1.80. The van der Waals surface area contributed by atoms with Crippen LogP contribution in [0, 0.1) is 5.82 Å². The van der Waals surface area contributed by atoms with E-state index < -0.39 is 0 Å². The van der Waals surface area contributed by atoms with Crippen LogP contribution in [0.25, 0.3) is 0 Å². The number of piperazine rings is 1. The van der Waals surface area contributed by atoms with Gasteiger partial charge in [0.1, 0.15) is 5.82 Å². The Hall–Kier alpha value is -1.86. The predicted octanol–water partition coefficient (Wildman–Crippen LogP) is 1.88. The van der Waals surface area contributed by atoms with E-state index in [9.17, 15) is 4.39 Å². The molecule has 0 spiro atoms. The molecule has 6 nitrogen and oxygen atoms in total. The maximum Gasteiger partial charge on any atom is 0.194 e. The molecule has 1 aromatic carbocycles. The van der Waals surface area contributed by atoms with Gasteiger partial charge in [-0.3, -0.25) is 4.99 Å². The van der Waals surface area contributed by atoms with Gasteiger partial charge in [0, 0.05) is 58.6 Å². The maximum atomic E-state index is 13.1. The van der Waals surface area contributed by atoms with Crippen molar-refractivity contribution in [3.63, 3.8) is 0 Å². The first-order chi connectivity index (χ1) is 13.1. The molecule has 152 valence electrons. The van der Waals surface area contributed by atoms with Crippen LogP contribution in [-0.4, -0.2) is 88.9 Å². The number of hydrogen-bond acceptors (Lipinski definition) is 4.